The molecule has 0 aromatic carbocycles. The Morgan fingerprint density at radius 2 is 1.53 bits per heavy atom. The summed E-state index contributed by atoms with van der Waals surface area (Å²) in [5.74, 6) is -4.20. The third-order valence-corrected chi connectivity index (χ3v) is 1.54. The molecular formula is C8H12O7. The normalized spacial score (nSPS) is 10.8. The van der Waals surface area contributed by atoms with Gasteiger partial charge in [0, 0.05) is 0 Å². The highest BCUT2D eigenvalue weighted by atomic mass is 16.5. The summed E-state index contributed by atoms with van der Waals surface area (Å²) in [6.45, 7) is 1.39. The molecule has 3 N–H and O–H groups in total. The summed E-state index contributed by atoms with van der Waals surface area (Å²) in [5, 5.41) is 26.4. The first kappa shape index (κ1) is 13.4. The summed E-state index contributed by atoms with van der Waals surface area (Å²) in [4.78, 5) is 31.8. The summed E-state index contributed by atoms with van der Waals surface area (Å²) in [7, 11) is 0. The molecule has 0 radical (unpaired) electrons. The molecule has 86 valence electrons. The number of carbonyl (C=O) groups is 3. The molecule has 0 rings (SSSR count). The summed E-state index contributed by atoms with van der Waals surface area (Å²) in [6, 6.07) is 0. The number of aliphatic carboxylic acids is 2. The molecule has 0 atom stereocenters. The highest BCUT2D eigenvalue weighted by Crippen LogP contribution is 2.17. The van der Waals surface area contributed by atoms with Crippen molar-refractivity contribution in [2.75, 3.05) is 6.61 Å². The van der Waals surface area contributed by atoms with Crippen molar-refractivity contribution in [2.45, 2.75) is 25.4 Å². The Kier molecular flexibility index (Phi) is 4.72. The Hall–Kier alpha value is -1.63. The van der Waals surface area contributed by atoms with E-state index >= 15 is 0 Å². The second-order valence-corrected chi connectivity index (χ2v) is 2.89. The third-order valence-electron chi connectivity index (χ3n) is 1.54. The maximum Gasteiger partial charge on any atom is 0.339 e. The SMILES string of the molecule is CCOC(=O)C(O)(CC(=O)O)CC(=O)O. The molecule has 0 aliphatic rings. The van der Waals surface area contributed by atoms with Crippen molar-refractivity contribution in [3.63, 3.8) is 0 Å². The first-order valence-corrected chi connectivity index (χ1v) is 4.15. The monoisotopic (exact) mass is 220 g/mol. The van der Waals surface area contributed by atoms with Crippen LogP contribution in [0, 0.1) is 0 Å². The minimum absolute atomic E-state index is 0.0691. The van der Waals surface area contributed by atoms with Crippen LogP contribution in [0.25, 0.3) is 0 Å². The summed E-state index contributed by atoms with van der Waals surface area (Å²) >= 11 is 0. The maximum absolute atomic E-state index is 11.1. The van der Waals surface area contributed by atoms with Gasteiger partial charge in [-0.15, -0.1) is 0 Å². The standard InChI is InChI=1S/C8H12O7/c1-2-15-7(13)8(14,3-5(9)10)4-6(11)12/h14H,2-4H2,1H3,(H,9,10)(H,11,12). The number of esters is 1. The van der Waals surface area contributed by atoms with Gasteiger partial charge in [-0.2, -0.15) is 0 Å². The first-order valence-electron chi connectivity index (χ1n) is 4.15. The van der Waals surface area contributed by atoms with Gasteiger partial charge in [0.05, 0.1) is 19.4 Å². The zero-order valence-corrected chi connectivity index (χ0v) is 8.10. The van der Waals surface area contributed by atoms with Crippen molar-refractivity contribution in [2.24, 2.45) is 0 Å². The predicted molar refractivity (Wildman–Crippen MR) is 46.1 cm³/mol. The fourth-order valence-electron chi connectivity index (χ4n) is 0.973. The average molecular weight is 220 g/mol. The molecule has 0 amide bonds. The van der Waals surface area contributed by atoms with Crippen molar-refractivity contribution in [1.82, 2.24) is 0 Å². The third kappa shape index (κ3) is 4.41. The molecule has 0 bridgehead atoms. The van der Waals surface area contributed by atoms with Crippen LogP contribution in [0.5, 0.6) is 0 Å². The lowest BCUT2D eigenvalue weighted by atomic mass is 9.96. The van der Waals surface area contributed by atoms with Crippen LogP contribution in [0.15, 0.2) is 0 Å². The number of rotatable bonds is 6. The minimum Gasteiger partial charge on any atom is -0.481 e. The van der Waals surface area contributed by atoms with E-state index in [1.165, 1.54) is 6.92 Å². The van der Waals surface area contributed by atoms with Crippen molar-refractivity contribution in [3.8, 4) is 0 Å². The molecule has 15 heavy (non-hydrogen) atoms. The molecule has 0 heterocycles. The molecule has 0 aliphatic heterocycles. The first-order chi connectivity index (χ1) is 6.81. The van der Waals surface area contributed by atoms with E-state index in [0.29, 0.717) is 0 Å². The van der Waals surface area contributed by atoms with Crippen LogP contribution < -0.4 is 0 Å². The smallest absolute Gasteiger partial charge is 0.339 e. The van der Waals surface area contributed by atoms with E-state index in [0.717, 1.165) is 0 Å². The van der Waals surface area contributed by atoms with Crippen LogP contribution in [0.4, 0.5) is 0 Å². The topological polar surface area (TPSA) is 121 Å². The van der Waals surface area contributed by atoms with E-state index in [1.807, 2.05) is 0 Å². The van der Waals surface area contributed by atoms with Gasteiger partial charge < -0.3 is 20.1 Å². The number of carbonyl (C=O) groups excluding carboxylic acids is 1. The second-order valence-electron chi connectivity index (χ2n) is 2.89. The van der Waals surface area contributed by atoms with E-state index in [-0.39, 0.29) is 6.61 Å². The van der Waals surface area contributed by atoms with Crippen molar-refractivity contribution in [1.29, 1.82) is 0 Å². The fraction of sp³-hybridized carbons (Fsp3) is 0.625. The van der Waals surface area contributed by atoms with E-state index < -0.39 is 36.4 Å². The molecule has 0 fully saturated rings. The van der Waals surface area contributed by atoms with Gasteiger partial charge in [0.25, 0.3) is 0 Å². The van der Waals surface area contributed by atoms with E-state index in [1.54, 1.807) is 0 Å². The number of carboxylic acids is 2. The minimum atomic E-state index is -2.51. The van der Waals surface area contributed by atoms with Crippen LogP contribution in [0.1, 0.15) is 19.8 Å². The molecule has 7 heteroatoms. The summed E-state index contributed by atoms with van der Waals surface area (Å²) in [6.07, 6.45) is -2.00. The number of hydrogen-bond donors (Lipinski definition) is 3. The van der Waals surface area contributed by atoms with Gasteiger partial charge in [-0.1, -0.05) is 0 Å². The van der Waals surface area contributed by atoms with Crippen LogP contribution in [-0.2, 0) is 19.1 Å². The maximum atomic E-state index is 11.1. The van der Waals surface area contributed by atoms with Gasteiger partial charge in [-0.05, 0) is 6.92 Å². The molecule has 0 unspecified atom stereocenters. The summed E-state index contributed by atoms with van der Waals surface area (Å²) in [5.41, 5.74) is -2.51. The zero-order chi connectivity index (χ0) is 12.1. The largest absolute Gasteiger partial charge is 0.481 e. The molecule has 0 spiro atoms. The van der Waals surface area contributed by atoms with E-state index in [2.05, 4.69) is 4.74 Å². The molecular weight excluding hydrogens is 208 g/mol. The molecule has 0 saturated heterocycles. The summed E-state index contributed by atoms with van der Waals surface area (Å²) < 4.78 is 4.39. The Labute approximate surface area is 85.3 Å². The van der Waals surface area contributed by atoms with E-state index in [4.69, 9.17) is 10.2 Å². The van der Waals surface area contributed by atoms with Crippen LogP contribution in [-0.4, -0.2) is 45.4 Å². The van der Waals surface area contributed by atoms with Crippen LogP contribution >= 0.6 is 0 Å². The second kappa shape index (κ2) is 5.30. The number of ether oxygens (including phenoxy) is 1. The number of carboxylic acid groups (broad SMARTS) is 2. The predicted octanol–water partition coefficient (Wildman–Crippen LogP) is -0.770. The Morgan fingerprint density at radius 1 is 1.13 bits per heavy atom. The van der Waals surface area contributed by atoms with Gasteiger partial charge in [-0.25, -0.2) is 4.79 Å². The van der Waals surface area contributed by atoms with E-state index in [9.17, 15) is 19.5 Å². The number of aliphatic hydroxyl groups is 1. The van der Waals surface area contributed by atoms with Gasteiger partial charge in [0.15, 0.2) is 5.60 Å². The lowest BCUT2D eigenvalue weighted by molar-refractivity contribution is -0.175. The molecule has 0 aliphatic carbocycles. The van der Waals surface area contributed by atoms with Gasteiger partial charge in [-0.3, -0.25) is 9.59 Å². The molecule has 0 saturated carbocycles. The van der Waals surface area contributed by atoms with Gasteiger partial charge in [0.2, 0.25) is 0 Å². The Bertz CT molecular complexity index is 254. The van der Waals surface area contributed by atoms with Crippen LogP contribution in [0.2, 0.25) is 0 Å². The van der Waals surface area contributed by atoms with Crippen molar-refractivity contribution < 1.29 is 34.4 Å². The average Bonchev–Trinajstić information content (AvgIpc) is 2.01. The number of hydrogen-bond acceptors (Lipinski definition) is 5. The molecule has 0 aromatic rings. The highest BCUT2D eigenvalue weighted by Gasteiger charge is 2.42. The lowest BCUT2D eigenvalue weighted by Gasteiger charge is -2.21. The molecule has 7 nitrogen and oxygen atoms in total. The fourth-order valence-corrected chi connectivity index (χ4v) is 0.973. The zero-order valence-electron chi connectivity index (χ0n) is 8.10. The lowest BCUT2D eigenvalue weighted by Crippen LogP contribution is -2.44. The quantitative estimate of drug-likeness (QED) is 0.502. The van der Waals surface area contributed by atoms with Crippen molar-refractivity contribution >= 4 is 17.9 Å². The Balaban J connectivity index is 4.74. The van der Waals surface area contributed by atoms with Gasteiger partial charge >= 0.3 is 17.9 Å². The Morgan fingerprint density at radius 3 is 1.80 bits per heavy atom. The van der Waals surface area contributed by atoms with Crippen LogP contribution in [0.3, 0.4) is 0 Å². The highest BCUT2D eigenvalue weighted by molar-refractivity contribution is 5.89. The van der Waals surface area contributed by atoms with Gasteiger partial charge in [0.1, 0.15) is 0 Å². The van der Waals surface area contributed by atoms with Crippen molar-refractivity contribution in [3.05, 3.63) is 0 Å². The molecule has 0 aromatic heterocycles.